The van der Waals surface area contributed by atoms with E-state index >= 15 is 0 Å². The van der Waals surface area contributed by atoms with E-state index in [1.165, 1.54) is 17.2 Å². The molecule has 0 radical (unpaired) electrons. The van der Waals surface area contributed by atoms with E-state index in [0.717, 1.165) is 24.2 Å². The van der Waals surface area contributed by atoms with E-state index in [2.05, 4.69) is 4.98 Å². The third-order valence-corrected chi connectivity index (χ3v) is 4.39. The number of rotatable bonds is 5. The molecule has 0 spiro atoms. The lowest BCUT2D eigenvalue weighted by molar-refractivity contribution is -0.137. The Bertz CT molecular complexity index is 727. The van der Waals surface area contributed by atoms with Gasteiger partial charge in [-0.2, -0.15) is 0 Å². The third-order valence-electron chi connectivity index (χ3n) is 3.37. The lowest BCUT2D eigenvalue weighted by Crippen LogP contribution is -2.37. The highest BCUT2D eigenvalue weighted by atomic mass is 32.1. The van der Waals surface area contributed by atoms with Gasteiger partial charge in [0.15, 0.2) is 0 Å². The largest absolute Gasteiger partial charge is 0.480 e. The second-order valence-electron chi connectivity index (χ2n) is 5.07. The maximum absolute atomic E-state index is 13.7. The van der Waals surface area contributed by atoms with Gasteiger partial charge < -0.3 is 10.0 Å². The molecule has 0 saturated heterocycles. The molecular weight excluding hydrogens is 307 g/mol. The second-order valence-corrected chi connectivity index (χ2v) is 6.10. The van der Waals surface area contributed by atoms with Crippen LogP contribution in [0.2, 0.25) is 0 Å². The van der Waals surface area contributed by atoms with E-state index in [9.17, 15) is 14.0 Å². The van der Waals surface area contributed by atoms with Gasteiger partial charge in [0.25, 0.3) is 5.91 Å². The number of halogens is 1. The van der Waals surface area contributed by atoms with Crippen molar-refractivity contribution >= 4 is 23.2 Å². The summed E-state index contributed by atoms with van der Waals surface area (Å²) in [5.41, 5.74) is 0.336. The summed E-state index contributed by atoms with van der Waals surface area (Å²) in [5.74, 6) is -1.80. The van der Waals surface area contributed by atoms with E-state index in [0.29, 0.717) is 15.4 Å². The molecule has 114 valence electrons. The smallest absolute Gasteiger partial charge is 0.323 e. The van der Waals surface area contributed by atoms with Crippen molar-refractivity contribution < 1.29 is 19.1 Å². The average molecular weight is 320 g/mol. The first-order valence-corrected chi connectivity index (χ1v) is 7.61. The van der Waals surface area contributed by atoms with Crippen LogP contribution in [0.1, 0.15) is 22.5 Å². The molecule has 0 atom stereocenters. The van der Waals surface area contributed by atoms with Crippen LogP contribution in [-0.4, -0.2) is 39.5 Å². The van der Waals surface area contributed by atoms with Crippen LogP contribution in [0.15, 0.2) is 30.5 Å². The van der Waals surface area contributed by atoms with E-state index in [1.807, 2.05) is 0 Å². The lowest BCUT2D eigenvalue weighted by Gasteiger charge is -2.18. The standard InChI is InChI=1S/C15H13FN2O3S/c16-11-4-2-1-3-10(11)14-17-7-12(22-14)15(21)18(8-13(19)20)9-5-6-9/h1-4,7,9H,5-6,8H2,(H,19,20). The van der Waals surface area contributed by atoms with Crippen molar-refractivity contribution in [3.05, 3.63) is 41.2 Å². The van der Waals surface area contributed by atoms with E-state index < -0.39 is 11.8 Å². The van der Waals surface area contributed by atoms with E-state index in [-0.39, 0.29) is 18.5 Å². The van der Waals surface area contributed by atoms with Crippen LogP contribution in [0.5, 0.6) is 0 Å². The summed E-state index contributed by atoms with van der Waals surface area (Å²) < 4.78 is 13.7. The zero-order valence-electron chi connectivity index (χ0n) is 11.5. The van der Waals surface area contributed by atoms with E-state index in [4.69, 9.17) is 5.11 Å². The number of amides is 1. The fraction of sp³-hybridized carbons (Fsp3) is 0.267. The zero-order chi connectivity index (χ0) is 15.7. The maximum Gasteiger partial charge on any atom is 0.323 e. The van der Waals surface area contributed by atoms with Gasteiger partial charge in [-0.3, -0.25) is 9.59 Å². The van der Waals surface area contributed by atoms with Crippen molar-refractivity contribution in [2.24, 2.45) is 0 Å². The number of carboxylic acid groups (broad SMARTS) is 1. The first kappa shape index (κ1) is 14.6. The summed E-state index contributed by atoms with van der Waals surface area (Å²) in [6.45, 7) is -0.323. The van der Waals surface area contributed by atoms with Gasteiger partial charge in [-0.15, -0.1) is 11.3 Å². The number of aromatic nitrogens is 1. The average Bonchev–Trinajstić information content (AvgIpc) is 3.21. The van der Waals surface area contributed by atoms with Crippen molar-refractivity contribution in [2.75, 3.05) is 6.54 Å². The van der Waals surface area contributed by atoms with Crippen molar-refractivity contribution in [1.82, 2.24) is 9.88 Å². The Morgan fingerprint density at radius 3 is 2.73 bits per heavy atom. The highest BCUT2D eigenvalue weighted by Gasteiger charge is 2.35. The first-order valence-electron chi connectivity index (χ1n) is 6.80. The number of aliphatic carboxylic acids is 1. The molecule has 1 saturated carbocycles. The van der Waals surface area contributed by atoms with Crippen LogP contribution in [0.4, 0.5) is 4.39 Å². The molecule has 1 N–H and O–H groups in total. The summed E-state index contributed by atoms with van der Waals surface area (Å²) in [4.78, 5) is 29.1. The summed E-state index contributed by atoms with van der Waals surface area (Å²) >= 11 is 1.07. The fourth-order valence-corrected chi connectivity index (χ4v) is 3.07. The quantitative estimate of drug-likeness (QED) is 0.919. The van der Waals surface area contributed by atoms with Crippen LogP contribution in [0, 0.1) is 5.82 Å². The molecule has 7 heteroatoms. The number of thiazole rings is 1. The molecule has 2 aromatic rings. The van der Waals surface area contributed by atoms with Gasteiger partial charge in [-0.1, -0.05) is 12.1 Å². The summed E-state index contributed by atoms with van der Waals surface area (Å²) in [6.07, 6.45) is 3.02. The molecule has 1 amide bonds. The van der Waals surface area contributed by atoms with Crippen LogP contribution < -0.4 is 0 Å². The monoisotopic (exact) mass is 320 g/mol. The van der Waals surface area contributed by atoms with E-state index in [1.54, 1.807) is 18.2 Å². The van der Waals surface area contributed by atoms with Gasteiger partial charge in [0.05, 0.1) is 6.20 Å². The van der Waals surface area contributed by atoms with Gasteiger partial charge in [0, 0.05) is 11.6 Å². The van der Waals surface area contributed by atoms with Crippen molar-refractivity contribution in [3.8, 4) is 10.6 Å². The fourth-order valence-electron chi connectivity index (χ4n) is 2.17. The summed E-state index contributed by atoms with van der Waals surface area (Å²) in [6, 6.07) is 6.20. The molecule has 5 nitrogen and oxygen atoms in total. The van der Waals surface area contributed by atoms with Crippen molar-refractivity contribution in [3.63, 3.8) is 0 Å². The summed E-state index contributed by atoms with van der Waals surface area (Å²) in [5, 5.41) is 9.33. The Hall–Kier alpha value is -2.28. The number of benzene rings is 1. The minimum Gasteiger partial charge on any atom is -0.480 e. The van der Waals surface area contributed by atoms with Gasteiger partial charge in [0.1, 0.15) is 22.2 Å². The van der Waals surface area contributed by atoms with Crippen LogP contribution >= 0.6 is 11.3 Å². The van der Waals surface area contributed by atoms with Crippen LogP contribution in [0.3, 0.4) is 0 Å². The number of carbonyl (C=O) groups is 2. The molecule has 1 aliphatic carbocycles. The molecular formula is C15H13FN2O3S. The van der Waals surface area contributed by atoms with Crippen molar-refractivity contribution in [1.29, 1.82) is 0 Å². The molecule has 1 fully saturated rings. The molecule has 0 unspecified atom stereocenters. The molecule has 0 aliphatic heterocycles. The number of hydrogen-bond donors (Lipinski definition) is 1. The molecule has 1 aromatic carbocycles. The Morgan fingerprint density at radius 1 is 1.36 bits per heavy atom. The SMILES string of the molecule is O=C(O)CN(C(=O)c1cnc(-c2ccccc2F)s1)C1CC1. The Labute approximate surface area is 130 Å². The van der Waals surface area contributed by atoms with Crippen molar-refractivity contribution in [2.45, 2.75) is 18.9 Å². The Morgan fingerprint density at radius 2 is 2.09 bits per heavy atom. The van der Waals surface area contributed by atoms with Gasteiger partial charge >= 0.3 is 5.97 Å². The highest BCUT2D eigenvalue weighted by Crippen LogP contribution is 2.31. The summed E-state index contributed by atoms with van der Waals surface area (Å²) in [7, 11) is 0. The molecule has 1 aromatic heterocycles. The molecule has 1 heterocycles. The topological polar surface area (TPSA) is 70.5 Å². The Balaban J connectivity index is 1.85. The number of carbonyl (C=O) groups excluding carboxylic acids is 1. The molecule has 3 rings (SSSR count). The highest BCUT2D eigenvalue weighted by molar-refractivity contribution is 7.16. The van der Waals surface area contributed by atoms with Gasteiger partial charge in [-0.05, 0) is 25.0 Å². The minimum absolute atomic E-state index is 0.0115. The molecule has 0 bridgehead atoms. The van der Waals surface area contributed by atoms with Crippen LogP contribution in [0.25, 0.3) is 10.6 Å². The lowest BCUT2D eigenvalue weighted by atomic mass is 10.2. The zero-order valence-corrected chi connectivity index (χ0v) is 12.3. The maximum atomic E-state index is 13.7. The molecule has 22 heavy (non-hydrogen) atoms. The number of nitrogens with zero attached hydrogens (tertiary/aromatic N) is 2. The number of carboxylic acids is 1. The number of hydrogen-bond acceptors (Lipinski definition) is 4. The predicted molar refractivity (Wildman–Crippen MR) is 79.2 cm³/mol. The van der Waals surface area contributed by atoms with Crippen LogP contribution in [-0.2, 0) is 4.79 Å². The predicted octanol–water partition coefficient (Wildman–Crippen LogP) is 2.64. The minimum atomic E-state index is -1.04. The molecule has 1 aliphatic rings. The first-order chi connectivity index (χ1) is 10.6. The van der Waals surface area contributed by atoms with Gasteiger partial charge in [-0.25, -0.2) is 9.37 Å². The second kappa shape index (κ2) is 5.84. The Kier molecular flexibility index (Phi) is 3.89. The third kappa shape index (κ3) is 2.99. The van der Waals surface area contributed by atoms with Gasteiger partial charge in [0.2, 0.25) is 0 Å². The normalized spacial score (nSPS) is 13.9.